The molecule has 0 radical (unpaired) electrons. The van der Waals surface area contributed by atoms with Crippen molar-refractivity contribution < 1.29 is 24.2 Å². The van der Waals surface area contributed by atoms with E-state index in [1.54, 1.807) is 19.2 Å². The highest BCUT2D eigenvalue weighted by Gasteiger charge is 2.23. The number of carbonyl (C=O) groups excluding carboxylic acids is 2. The van der Waals surface area contributed by atoms with Gasteiger partial charge in [-0.05, 0) is 60.5 Å². The van der Waals surface area contributed by atoms with E-state index in [9.17, 15) is 14.7 Å². The molecule has 0 saturated heterocycles. The van der Waals surface area contributed by atoms with E-state index in [0.29, 0.717) is 5.75 Å². The molecule has 5 heteroatoms. The molecule has 3 aromatic rings. The first kappa shape index (κ1) is 21.1. The van der Waals surface area contributed by atoms with Gasteiger partial charge in [-0.15, -0.1) is 0 Å². The predicted molar refractivity (Wildman–Crippen MR) is 115 cm³/mol. The van der Waals surface area contributed by atoms with Crippen LogP contribution in [0.15, 0.2) is 66.7 Å². The van der Waals surface area contributed by atoms with Gasteiger partial charge in [0.2, 0.25) is 0 Å². The number of phenolic OH excluding ortho intramolecular Hbond substituents is 1. The Bertz CT molecular complexity index is 1060. The number of carbonyl (C=O) groups is 2. The Kier molecular flexibility index (Phi) is 5.92. The second-order valence-corrected chi connectivity index (χ2v) is 7.59. The Labute approximate surface area is 175 Å². The lowest BCUT2D eigenvalue weighted by atomic mass is 9.78. The summed E-state index contributed by atoms with van der Waals surface area (Å²) in [6.07, 6.45) is 0. The Balaban J connectivity index is 1.78. The van der Waals surface area contributed by atoms with Crippen LogP contribution in [0.2, 0.25) is 0 Å². The zero-order valence-corrected chi connectivity index (χ0v) is 17.4. The van der Waals surface area contributed by atoms with Crippen LogP contribution >= 0.6 is 0 Å². The molecule has 0 heterocycles. The highest BCUT2D eigenvalue weighted by molar-refractivity contribution is 5.99. The first-order valence-corrected chi connectivity index (χ1v) is 9.53. The monoisotopic (exact) mass is 404 g/mol. The molecule has 0 unspecified atom stereocenters. The molecular formula is C25H24O5. The minimum atomic E-state index is -0.643. The van der Waals surface area contributed by atoms with Gasteiger partial charge in [0.05, 0.1) is 12.7 Å². The van der Waals surface area contributed by atoms with E-state index >= 15 is 0 Å². The fourth-order valence-electron chi connectivity index (χ4n) is 3.21. The molecule has 30 heavy (non-hydrogen) atoms. The topological polar surface area (TPSA) is 72.8 Å². The molecule has 3 rings (SSSR count). The van der Waals surface area contributed by atoms with Gasteiger partial charge in [0.1, 0.15) is 17.2 Å². The highest BCUT2D eigenvalue weighted by atomic mass is 16.5. The number of phenols is 1. The number of hydrogen-bond donors (Lipinski definition) is 1. The number of aromatic hydroxyl groups is 1. The summed E-state index contributed by atoms with van der Waals surface area (Å²) in [5, 5.41) is 9.76. The van der Waals surface area contributed by atoms with Gasteiger partial charge in [-0.25, -0.2) is 4.79 Å². The van der Waals surface area contributed by atoms with Gasteiger partial charge < -0.3 is 14.6 Å². The average Bonchev–Trinajstić information content (AvgIpc) is 2.73. The van der Waals surface area contributed by atoms with Crippen molar-refractivity contribution in [3.63, 3.8) is 0 Å². The predicted octanol–water partition coefficient (Wildman–Crippen LogP) is 5.15. The van der Waals surface area contributed by atoms with Crippen LogP contribution in [-0.4, -0.2) is 24.0 Å². The smallest absolute Gasteiger partial charge is 0.343 e. The minimum absolute atomic E-state index is 0.114. The number of hydrogen-bond acceptors (Lipinski definition) is 5. The van der Waals surface area contributed by atoms with Gasteiger partial charge in [0.15, 0.2) is 5.78 Å². The number of ether oxygens (including phenoxy) is 2. The third-order valence-electron chi connectivity index (χ3n) is 5.16. The number of rotatable bonds is 6. The van der Waals surface area contributed by atoms with Crippen LogP contribution in [0.25, 0.3) is 0 Å². The van der Waals surface area contributed by atoms with Crippen LogP contribution in [0, 0.1) is 0 Å². The lowest BCUT2D eigenvalue weighted by Crippen LogP contribution is -2.18. The average molecular weight is 404 g/mol. The molecule has 5 nitrogen and oxygen atoms in total. The largest absolute Gasteiger partial charge is 0.508 e. The standard InChI is InChI=1S/C25H24O5/c1-16(26)17-13-18(15-21(27)14-17)24(28)30-23-11-7-20(8-12-23)25(2,3)19-5-9-22(29-4)10-6-19/h5-15,27H,1-4H3. The first-order valence-electron chi connectivity index (χ1n) is 9.53. The van der Waals surface area contributed by atoms with Crippen LogP contribution < -0.4 is 9.47 Å². The summed E-state index contributed by atoms with van der Waals surface area (Å²) in [6, 6.07) is 19.2. The summed E-state index contributed by atoms with van der Waals surface area (Å²) >= 11 is 0. The molecule has 0 saturated carbocycles. The molecule has 0 aliphatic carbocycles. The van der Waals surface area contributed by atoms with Crippen molar-refractivity contribution in [3.8, 4) is 17.2 Å². The van der Waals surface area contributed by atoms with Crippen molar-refractivity contribution in [2.24, 2.45) is 0 Å². The van der Waals surface area contributed by atoms with Crippen LogP contribution in [0.5, 0.6) is 17.2 Å². The summed E-state index contributed by atoms with van der Waals surface area (Å²) in [5.41, 5.74) is 2.30. The molecule has 0 aliphatic rings. The van der Waals surface area contributed by atoms with Gasteiger partial charge >= 0.3 is 5.97 Å². The van der Waals surface area contributed by atoms with Crippen molar-refractivity contribution in [3.05, 3.63) is 89.0 Å². The third-order valence-corrected chi connectivity index (χ3v) is 5.16. The normalized spacial score (nSPS) is 11.1. The summed E-state index contributed by atoms with van der Waals surface area (Å²) in [4.78, 5) is 24.0. The van der Waals surface area contributed by atoms with Gasteiger partial charge in [-0.3, -0.25) is 4.79 Å². The molecular weight excluding hydrogens is 380 g/mol. The van der Waals surface area contributed by atoms with Crippen molar-refractivity contribution in [2.45, 2.75) is 26.2 Å². The first-order chi connectivity index (χ1) is 14.2. The lowest BCUT2D eigenvalue weighted by Gasteiger charge is -2.26. The highest BCUT2D eigenvalue weighted by Crippen LogP contribution is 2.33. The molecule has 0 atom stereocenters. The minimum Gasteiger partial charge on any atom is -0.508 e. The zero-order chi connectivity index (χ0) is 21.9. The maximum Gasteiger partial charge on any atom is 0.343 e. The van der Waals surface area contributed by atoms with E-state index in [4.69, 9.17) is 9.47 Å². The lowest BCUT2D eigenvalue weighted by molar-refractivity contribution is 0.0734. The quantitative estimate of drug-likeness (QED) is 0.349. The fourth-order valence-corrected chi connectivity index (χ4v) is 3.21. The van der Waals surface area contributed by atoms with Crippen LogP contribution in [-0.2, 0) is 5.41 Å². The second-order valence-electron chi connectivity index (χ2n) is 7.59. The molecule has 0 aliphatic heterocycles. The maximum atomic E-state index is 12.4. The van der Waals surface area contributed by atoms with Gasteiger partial charge in [-0.1, -0.05) is 38.1 Å². The molecule has 0 amide bonds. The van der Waals surface area contributed by atoms with E-state index < -0.39 is 5.97 Å². The van der Waals surface area contributed by atoms with Gasteiger partial charge in [0, 0.05) is 11.0 Å². The molecule has 0 fully saturated rings. The van der Waals surface area contributed by atoms with Gasteiger partial charge in [-0.2, -0.15) is 0 Å². The number of esters is 1. The molecule has 0 spiro atoms. The van der Waals surface area contributed by atoms with Crippen LogP contribution in [0.3, 0.4) is 0 Å². The summed E-state index contributed by atoms with van der Waals surface area (Å²) in [6.45, 7) is 5.60. The van der Waals surface area contributed by atoms with Crippen molar-refractivity contribution in [1.29, 1.82) is 0 Å². The molecule has 0 bridgehead atoms. The summed E-state index contributed by atoms with van der Waals surface area (Å²) in [7, 11) is 1.64. The van der Waals surface area contributed by atoms with Crippen molar-refractivity contribution in [1.82, 2.24) is 0 Å². The summed E-state index contributed by atoms with van der Waals surface area (Å²) < 4.78 is 10.6. The third kappa shape index (κ3) is 4.51. The van der Waals surface area contributed by atoms with E-state index in [0.717, 1.165) is 16.9 Å². The Morgan fingerprint density at radius 3 is 1.80 bits per heavy atom. The van der Waals surface area contributed by atoms with Crippen molar-refractivity contribution in [2.75, 3.05) is 7.11 Å². The maximum absolute atomic E-state index is 12.4. The Hall–Kier alpha value is -3.60. The number of ketones is 1. The summed E-state index contributed by atoms with van der Waals surface area (Å²) in [5.74, 6) is 0.130. The van der Waals surface area contributed by atoms with Crippen LogP contribution in [0.1, 0.15) is 52.6 Å². The van der Waals surface area contributed by atoms with E-state index in [1.165, 1.54) is 25.1 Å². The Morgan fingerprint density at radius 2 is 1.30 bits per heavy atom. The molecule has 3 aromatic carbocycles. The SMILES string of the molecule is COc1ccc(C(C)(C)c2ccc(OC(=O)c3cc(O)cc(C(C)=O)c3)cc2)cc1. The second kappa shape index (κ2) is 8.41. The number of benzene rings is 3. The van der Waals surface area contributed by atoms with Gasteiger partial charge in [0.25, 0.3) is 0 Å². The van der Waals surface area contributed by atoms with E-state index in [-0.39, 0.29) is 28.1 Å². The number of Topliss-reactive ketones (excluding diaryl/α,β-unsaturated/α-hetero) is 1. The van der Waals surface area contributed by atoms with E-state index in [1.807, 2.05) is 36.4 Å². The molecule has 0 aromatic heterocycles. The fraction of sp³-hybridized carbons (Fsp3) is 0.200. The van der Waals surface area contributed by atoms with Crippen molar-refractivity contribution >= 4 is 11.8 Å². The van der Waals surface area contributed by atoms with E-state index in [2.05, 4.69) is 13.8 Å². The molecule has 154 valence electrons. The zero-order valence-electron chi connectivity index (χ0n) is 17.4. The number of methoxy groups -OCH3 is 1. The van der Waals surface area contributed by atoms with Crippen LogP contribution in [0.4, 0.5) is 0 Å². The Morgan fingerprint density at radius 1 is 0.800 bits per heavy atom. The molecule has 1 N–H and O–H groups in total.